The van der Waals surface area contributed by atoms with Crippen LogP contribution in [-0.4, -0.2) is 14.5 Å². The van der Waals surface area contributed by atoms with E-state index in [1.54, 1.807) is 12.3 Å². The molecule has 2 N–H and O–H groups in total. The van der Waals surface area contributed by atoms with Crippen molar-refractivity contribution in [3.05, 3.63) is 53.2 Å². The molecule has 0 aliphatic heterocycles. The van der Waals surface area contributed by atoms with E-state index in [9.17, 15) is 13.2 Å². The van der Waals surface area contributed by atoms with E-state index in [0.717, 1.165) is 41.6 Å². The molecule has 1 saturated carbocycles. The zero-order valence-corrected chi connectivity index (χ0v) is 14.7. The molecule has 5 rings (SSSR count). The molecular weight excluding hydrogens is 377 g/mol. The monoisotopic (exact) mass is 390 g/mol. The van der Waals surface area contributed by atoms with Gasteiger partial charge in [0.2, 0.25) is 5.95 Å². The number of fused-ring (bicyclic) bond motifs is 2. The standard InChI is InChI=1S/C19H14ClF3N4/c20-11-2-5-14-13(8-11)16(9-24-14)26-18-25-15-7-10(19(21,22)23)1-6-17(15)27(18)12-3-4-12/h1-2,5-9,12,24H,3-4H2,(H,25,26). The van der Waals surface area contributed by atoms with Gasteiger partial charge < -0.3 is 14.9 Å². The molecule has 0 radical (unpaired) electrons. The molecule has 0 unspecified atom stereocenters. The van der Waals surface area contributed by atoms with Gasteiger partial charge in [0, 0.05) is 28.2 Å². The van der Waals surface area contributed by atoms with Crippen LogP contribution in [0.5, 0.6) is 0 Å². The predicted octanol–water partition coefficient (Wildman–Crippen LogP) is 6.27. The quantitative estimate of drug-likeness (QED) is 0.433. The van der Waals surface area contributed by atoms with Crippen molar-refractivity contribution in [1.29, 1.82) is 0 Å². The number of hydrogen-bond donors (Lipinski definition) is 2. The number of aromatic amines is 1. The van der Waals surface area contributed by atoms with Crippen molar-refractivity contribution in [2.45, 2.75) is 25.1 Å². The number of alkyl halides is 3. The summed E-state index contributed by atoms with van der Waals surface area (Å²) in [6.45, 7) is 0. The summed E-state index contributed by atoms with van der Waals surface area (Å²) >= 11 is 6.10. The van der Waals surface area contributed by atoms with Crippen LogP contribution in [0.2, 0.25) is 5.02 Å². The molecule has 2 aromatic carbocycles. The molecule has 1 fully saturated rings. The summed E-state index contributed by atoms with van der Waals surface area (Å²) in [5.41, 5.74) is 2.03. The van der Waals surface area contributed by atoms with Gasteiger partial charge in [0.15, 0.2) is 0 Å². The minimum atomic E-state index is -4.39. The largest absolute Gasteiger partial charge is 0.416 e. The van der Waals surface area contributed by atoms with Crippen LogP contribution in [0, 0.1) is 0 Å². The molecule has 27 heavy (non-hydrogen) atoms. The maximum absolute atomic E-state index is 13.0. The highest BCUT2D eigenvalue weighted by Crippen LogP contribution is 2.42. The van der Waals surface area contributed by atoms with Gasteiger partial charge in [-0.15, -0.1) is 0 Å². The molecule has 4 aromatic rings. The van der Waals surface area contributed by atoms with E-state index in [4.69, 9.17) is 11.6 Å². The molecule has 0 spiro atoms. The van der Waals surface area contributed by atoms with E-state index < -0.39 is 11.7 Å². The SMILES string of the molecule is FC(F)(F)c1ccc2c(c1)nc(Nc1c[nH]c3ccc(Cl)cc13)n2C1CC1. The second kappa shape index (κ2) is 5.66. The van der Waals surface area contributed by atoms with Gasteiger partial charge in [0.25, 0.3) is 0 Å². The maximum atomic E-state index is 13.0. The molecule has 138 valence electrons. The fourth-order valence-electron chi connectivity index (χ4n) is 3.38. The van der Waals surface area contributed by atoms with Crippen LogP contribution in [0.4, 0.5) is 24.8 Å². The average Bonchev–Trinajstić information content (AvgIpc) is 3.28. The topological polar surface area (TPSA) is 45.6 Å². The number of hydrogen-bond acceptors (Lipinski definition) is 2. The number of rotatable bonds is 3. The Kier molecular flexibility index (Phi) is 3.46. The van der Waals surface area contributed by atoms with Gasteiger partial charge in [0.1, 0.15) is 0 Å². The van der Waals surface area contributed by atoms with Crippen molar-refractivity contribution in [1.82, 2.24) is 14.5 Å². The summed E-state index contributed by atoms with van der Waals surface area (Å²) in [4.78, 5) is 7.61. The number of nitrogens with one attached hydrogen (secondary N) is 2. The third-order valence-electron chi connectivity index (χ3n) is 4.82. The molecule has 2 aromatic heterocycles. The van der Waals surface area contributed by atoms with Crippen molar-refractivity contribution < 1.29 is 13.2 Å². The van der Waals surface area contributed by atoms with E-state index >= 15 is 0 Å². The van der Waals surface area contributed by atoms with Crippen LogP contribution in [0.1, 0.15) is 24.4 Å². The Bertz CT molecular complexity index is 1170. The summed E-state index contributed by atoms with van der Waals surface area (Å²) in [5, 5.41) is 4.78. The van der Waals surface area contributed by atoms with Gasteiger partial charge in [-0.1, -0.05) is 11.6 Å². The lowest BCUT2D eigenvalue weighted by atomic mass is 10.2. The van der Waals surface area contributed by atoms with Crippen molar-refractivity contribution in [2.75, 3.05) is 5.32 Å². The number of imidazole rings is 1. The molecule has 2 heterocycles. The van der Waals surface area contributed by atoms with Crippen LogP contribution in [0.3, 0.4) is 0 Å². The summed E-state index contributed by atoms with van der Waals surface area (Å²) in [7, 11) is 0. The van der Waals surface area contributed by atoms with Gasteiger partial charge in [-0.25, -0.2) is 4.98 Å². The fourth-order valence-corrected chi connectivity index (χ4v) is 3.55. The van der Waals surface area contributed by atoms with Crippen LogP contribution in [0.15, 0.2) is 42.6 Å². The molecular formula is C19H14ClF3N4. The second-order valence-corrected chi connectivity index (χ2v) is 7.19. The molecule has 1 aliphatic carbocycles. The highest BCUT2D eigenvalue weighted by molar-refractivity contribution is 6.31. The molecule has 4 nitrogen and oxygen atoms in total. The third-order valence-corrected chi connectivity index (χ3v) is 5.05. The van der Waals surface area contributed by atoms with Gasteiger partial charge in [0.05, 0.1) is 22.3 Å². The van der Waals surface area contributed by atoms with Crippen LogP contribution >= 0.6 is 11.6 Å². The summed E-state index contributed by atoms with van der Waals surface area (Å²) in [6.07, 6.45) is -0.612. The highest BCUT2D eigenvalue weighted by Gasteiger charge is 2.33. The number of halogens is 4. The minimum Gasteiger partial charge on any atom is -0.359 e. The molecule has 8 heteroatoms. The first kappa shape index (κ1) is 16.5. The number of H-pyrrole nitrogens is 1. The minimum absolute atomic E-state index is 0.253. The van der Waals surface area contributed by atoms with Gasteiger partial charge in [-0.2, -0.15) is 13.2 Å². The van der Waals surface area contributed by atoms with Gasteiger partial charge in [-0.3, -0.25) is 0 Å². The zero-order chi connectivity index (χ0) is 18.8. The van der Waals surface area contributed by atoms with Crippen LogP contribution < -0.4 is 5.32 Å². The Hall–Kier alpha value is -2.67. The van der Waals surface area contributed by atoms with Crippen molar-refractivity contribution in [3.63, 3.8) is 0 Å². The van der Waals surface area contributed by atoms with Crippen molar-refractivity contribution in [2.24, 2.45) is 0 Å². The Morgan fingerprint density at radius 2 is 1.96 bits per heavy atom. The molecule has 1 aliphatic rings. The predicted molar refractivity (Wildman–Crippen MR) is 99.6 cm³/mol. The van der Waals surface area contributed by atoms with Gasteiger partial charge >= 0.3 is 6.18 Å². The average molecular weight is 391 g/mol. The highest BCUT2D eigenvalue weighted by atomic mass is 35.5. The number of anilines is 2. The second-order valence-electron chi connectivity index (χ2n) is 6.76. The first-order chi connectivity index (χ1) is 12.9. The summed E-state index contributed by atoms with van der Waals surface area (Å²) in [6, 6.07) is 9.47. The lowest BCUT2D eigenvalue weighted by Gasteiger charge is -2.09. The fraction of sp³-hybridized carbons (Fsp3) is 0.211. The van der Waals surface area contributed by atoms with Crippen molar-refractivity contribution in [3.8, 4) is 0 Å². The number of aromatic nitrogens is 3. The van der Waals surface area contributed by atoms with Crippen LogP contribution in [0.25, 0.3) is 21.9 Å². The lowest BCUT2D eigenvalue weighted by Crippen LogP contribution is -2.04. The normalized spacial score (nSPS) is 15.0. The third kappa shape index (κ3) is 2.82. The number of nitrogens with zero attached hydrogens (tertiary/aromatic N) is 2. The molecule has 0 bridgehead atoms. The Balaban J connectivity index is 1.63. The summed E-state index contributed by atoms with van der Waals surface area (Å²) in [5.74, 6) is 0.535. The number of benzene rings is 2. The van der Waals surface area contributed by atoms with Crippen molar-refractivity contribution >= 4 is 45.2 Å². The zero-order valence-electron chi connectivity index (χ0n) is 13.9. The summed E-state index contributed by atoms with van der Waals surface area (Å²) < 4.78 is 41.1. The van der Waals surface area contributed by atoms with E-state index in [1.165, 1.54) is 6.07 Å². The van der Waals surface area contributed by atoms with Crippen LogP contribution in [-0.2, 0) is 6.18 Å². The molecule has 0 saturated heterocycles. The Morgan fingerprint density at radius 1 is 1.15 bits per heavy atom. The molecule has 0 amide bonds. The lowest BCUT2D eigenvalue weighted by molar-refractivity contribution is -0.137. The maximum Gasteiger partial charge on any atom is 0.416 e. The first-order valence-corrected chi connectivity index (χ1v) is 8.91. The van der Waals surface area contributed by atoms with E-state index in [0.29, 0.717) is 22.0 Å². The first-order valence-electron chi connectivity index (χ1n) is 8.53. The van der Waals surface area contributed by atoms with E-state index in [1.807, 2.05) is 16.7 Å². The smallest absolute Gasteiger partial charge is 0.359 e. The Morgan fingerprint density at radius 3 is 2.70 bits per heavy atom. The molecule has 0 atom stereocenters. The van der Waals surface area contributed by atoms with Gasteiger partial charge in [-0.05, 0) is 49.2 Å². The van der Waals surface area contributed by atoms with E-state index in [-0.39, 0.29) is 6.04 Å². The Labute approximate surface area is 157 Å². The van der Waals surface area contributed by atoms with E-state index in [2.05, 4.69) is 15.3 Å².